The van der Waals surface area contributed by atoms with Crippen molar-refractivity contribution in [2.45, 2.75) is 19.2 Å². The van der Waals surface area contributed by atoms with Crippen LogP contribution in [0, 0.1) is 0 Å². The molecule has 0 saturated heterocycles. The maximum Gasteiger partial charge on any atom is 0.414 e. The number of nitrogens with one attached hydrogen (secondary N) is 1. The van der Waals surface area contributed by atoms with E-state index in [1.807, 2.05) is 0 Å². The number of anilines is 2. The van der Waals surface area contributed by atoms with Gasteiger partial charge in [0.15, 0.2) is 6.10 Å². The molecule has 0 bridgehead atoms. The number of carbonyl (C=O) groups is 1. The molecular weight excluding hydrogens is 320 g/mol. The van der Waals surface area contributed by atoms with Gasteiger partial charge in [-0.2, -0.15) is 13.2 Å². The minimum atomic E-state index is -4.53. The van der Waals surface area contributed by atoms with Crippen LogP contribution in [0.25, 0.3) is 0 Å². The number of ether oxygens (including phenoxy) is 1. The van der Waals surface area contributed by atoms with Crippen molar-refractivity contribution in [3.8, 4) is 0 Å². The summed E-state index contributed by atoms with van der Waals surface area (Å²) < 4.78 is 41.0. The van der Waals surface area contributed by atoms with E-state index in [9.17, 15) is 18.0 Å². The lowest BCUT2D eigenvalue weighted by molar-refractivity contribution is -0.213. The third-order valence-electron chi connectivity index (χ3n) is 2.25. The second kappa shape index (κ2) is 6.51. The fourth-order valence-electron chi connectivity index (χ4n) is 1.18. The van der Waals surface area contributed by atoms with E-state index in [1.54, 1.807) is 0 Å². The number of hydrogen-bond donors (Lipinski definition) is 2. The number of amides is 1. The second-order valence-electron chi connectivity index (χ2n) is 3.90. The topological polar surface area (TPSA) is 64.3 Å². The standard InChI is InChI=1S/C11H11Cl2F3N2O2/c1-5(11(14,15)16)20-4-9(19)18-10-7(12)2-6(17)3-8(10)13/h2-3,5H,4,17H2,1H3,(H,18,19). The van der Waals surface area contributed by atoms with Gasteiger partial charge in [-0.25, -0.2) is 0 Å². The number of alkyl halides is 3. The molecule has 1 aromatic carbocycles. The maximum atomic E-state index is 12.2. The Balaban J connectivity index is 2.64. The fourth-order valence-corrected chi connectivity index (χ4v) is 1.78. The first kappa shape index (κ1) is 16.9. The lowest BCUT2D eigenvalue weighted by Crippen LogP contribution is -2.32. The van der Waals surface area contributed by atoms with E-state index >= 15 is 0 Å². The zero-order valence-electron chi connectivity index (χ0n) is 10.2. The van der Waals surface area contributed by atoms with E-state index < -0.39 is 24.8 Å². The molecule has 0 aliphatic carbocycles. The van der Waals surface area contributed by atoms with E-state index in [-0.39, 0.29) is 15.7 Å². The summed E-state index contributed by atoms with van der Waals surface area (Å²) >= 11 is 11.6. The van der Waals surface area contributed by atoms with Crippen molar-refractivity contribution < 1.29 is 22.7 Å². The van der Waals surface area contributed by atoms with Gasteiger partial charge in [0, 0.05) is 5.69 Å². The molecule has 0 spiro atoms. The molecule has 0 heterocycles. The third-order valence-corrected chi connectivity index (χ3v) is 2.85. The molecule has 1 unspecified atom stereocenters. The van der Waals surface area contributed by atoms with Crippen LogP contribution in [0.1, 0.15) is 6.92 Å². The fraction of sp³-hybridized carbons (Fsp3) is 0.364. The molecule has 1 aromatic rings. The van der Waals surface area contributed by atoms with Crippen LogP contribution in [-0.4, -0.2) is 24.8 Å². The van der Waals surface area contributed by atoms with Crippen molar-refractivity contribution in [2.24, 2.45) is 0 Å². The van der Waals surface area contributed by atoms with E-state index in [1.165, 1.54) is 12.1 Å². The highest BCUT2D eigenvalue weighted by Gasteiger charge is 2.37. The first-order chi connectivity index (χ1) is 9.11. The summed E-state index contributed by atoms with van der Waals surface area (Å²) in [5, 5.41) is 2.41. The Labute approximate surface area is 123 Å². The molecule has 0 aromatic heterocycles. The maximum absolute atomic E-state index is 12.2. The van der Waals surface area contributed by atoms with Gasteiger partial charge in [-0.05, 0) is 19.1 Å². The Bertz CT molecular complexity index is 486. The minimum Gasteiger partial charge on any atom is -0.399 e. The highest BCUT2D eigenvalue weighted by atomic mass is 35.5. The normalized spacial score (nSPS) is 13.1. The van der Waals surface area contributed by atoms with Crippen molar-refractivity contribution in [1.82, 2.24) is 0 Å². The predicted octanol–water partition coefficient (Wildman–Crippen LogP) is 3.48. The lowest BCUT2D eigenvalue weighted by Gasteiger charge is -2.16. The molecule has 0 fully saturated rings. The Morgan fingerprint density at radius 2 is 1.90 bits per heavy atom. The van der Waals surface area contributed by atoms with Crippen LogP contribution in [-0.2, 0) is 9.53 Å². The summed E-state index contributed by atoms with van der Waals surface area (Å²) in [7, 11) is 0. The van der Waals surface area contributed by atoms with Crippen LogP contribution in [0.4, 0.5) is 24.5 Å². The molecule has 1 atom stereocenters. The molecule has 1 amide bonds. The van der Waals surface area contributed by atoms with Crippen LogP contribution in [0.15, 0.2) is 12.1 Å². The van der Waals surface area contributed by atoms with Gasteiger partial charge >= 0.3 is 6.18 Å². The van der Waals surface area contributed by atoms with Crippen molar-refractivity contribution in [3.63, 3.8) is 0 Å². The molecular formula is C11H11Cl2F3N2O2. The molecule has 0 aliphatic heterocycles. The summed E-state index contributed by atoms with van der Waals surface area (Å²) in [6, 6.07) is 2.70. The number of halogens is 5. The summed E-state index contributed by atoms with van der Waals surface area (Å²) in [5.41, 5.74) is 5.83. The van der Waals surface area contributed by atoms with E-state index in [2.05, 4.69) is 10.1 Å². The first-order valence-electron chi connectivity index (χ1n) is 5.34. The van der Waals surface area contributed by atoms with E-state index in [0.29, 0.717) is 5.69 Å². The molecule has 0 aliphatic rings. The molecule has 0 radical (unpaired) electrons. The number of hydrogen-bond acceptors (Lipinski definition) is 3. The van der Waals surface area contributed by atoms with Crippen LogP contribution in [0.5, 0.6) is 0 Å². The highest BCUT2D eigenvalue weighted by molar-refractivity contribution is 6.40. The summed E-state index contributed by atoms with van der Waals surface area (Å²) in [6.45, 7) is 0.0220. The van der Waals surface area contributed by atoms with Crippen molar-refractivity contribution >= 4 is 40.5 Å². The smallest absolute Gasteiger partial charge is 0.399 e. The average molecular weight is 331 g/mol. The van der Waals surface area contributed by atoms with E-state index in [4.69, 9.17) is 28.9 Å². The van der Waals surface area contributed by atoms with E-state index in [0.717, 1.165) is 6.92 Å². The quantitative estimate of drug-likeness (QED) is 0.830. The van der Waals surface area contributed by atoms with Crippen molar-refractivity contribution in [3.05, 3.63) is 22.2 Å². The number of carbonyl (C=O) groups excluding carboxylic acids is 1. The Hall–Kier alpha value is -1.18. The molecule has 3 N–H and O–H groups in total. The lowest BCUT2D eigenvalue weighted by atomic mass is 10.3. The van der Waals surface area contributed by atoms with Crippen LogP contribution in [0.3, 0.4) is 0 Å². The zero-order chi connectivity index (χ0) is 15.5. The molecule has 9 heteroatoms. The molecule has 0 saturated carbocycles. The molecule has 20 heavy (non-hydrogen) atoms. The summed E-state index contributed by atoms with van der Waals surface area (Å²) in [5.74, 6) is -0.810. The monoisotopic (exact) mass is 330 g/mol. The van der Waals surface area contributed by atoms with Gasteiger partial charge in [0.25, 0.3) is 0 Å². The average Bonchev–Trinajstić information content (AvgIpc) is 2.29. The van der Waals surface area contributed by atoms with Gasteiger partial charge in [0.1, 0.15) is 6.61 Å². The Kier molecular flexibility index (Phi) is 5.50. The molecule has 112 valence electrons. The number of nitrogen functional groups attached to an aromatic ring is 1. The summed E-state index contributed by atoms with van der Waals surface area (Å²) in [6.07, 6.45) is -6.58. The highest BCUT2D eigenvalue weighted by Crippen LogP contribution is 2.32. The van der Waals surface area contributed by atoms with Crippen LogP contribution < -0.4 is 11.1 Å². The Morgan fingerprint density at radius 3 is 2.35 bits per heavy atom. The van der Waals surface area contributed by atoms with Crippen molar-refractivity contribution in [2.75, 3.05) is 17.7 Å². The Morgan fingerprint density at radius 1 is 1.40 bits per heavy atom. The summed E-state index contributed by atoms with van der Waals surface area (Å²) in [4.78, 5) is 11.5. The van der Waals surface area contributed by atoms with Gasteiger partial charge < -0.3 is 15.8 Å². The predicted molar refractivity (Wildman–Crippen MR) is 71.0 cm³/mol. The number of nitrogens with two attached hydrogens (primary N) is 1. The molecule has 1 rings (SSSR count). The third kappa shape index (κ3) is 4.73. The largest absolute Gasteiger partial charge is 0.414 e. The second-order valence-corrected chi connectivity index (χ2v) is 4.72. The van der Waals surface area contributed by atoms with Crippen LogP contribution >= 0.6 is 23.2 Å². The SMILES string of the molecule is CC(OCC(=O)Nc1c(Cl)cc(N)cc1Cl)C(F)(F)F. The van der Waals surface area contributed by atoms with Gasteiger partial charge in [-0.3, -0.25) is 4.79 Å². The molecule has 4 nitrogen and oxygen atoms in total. The number of benzene rings is 1. The zero-order valence-corrected chi connectivity index (χ0v) is 11.7. The number of rotatable bonds is 4. The minimum absolute atomic E-state index is 0.0656. The van der Waals surface area contributed by atoms with Crippen molar-refractivity contribution in [1.29, 1.82) is 0 Å². The van der Waals surface area contributed by atoms with Gasteiger partial charge in [-0.1, -0.05) is 23.2 Å². The van der Waals surface area contributed by atoms with Gasteiger partial charge in [0.05, 0.1) is 15.7 Å². The first-order valence-corrected chi connectivity index (χ1v) is 6.09. The van der Waals surface area contributed by atoms with Crippen LogP contribution in [0.2, 0.25) is 10.0 Å². The van der Waals surface area contributed by atoms with Gasteiger partial charge in [0.2, 0.25) is 5.91 Å². The van der Waals surface area contributed by atoms with Gasteiger partial charge in [-0.15, -0.1) is 0 Å².